The van der Waals surface area contributed by atoms with E-state index in [9.17, 15) is 0 Å². The van der Waals surface area contributed by atoms with Gasteiger partial charge >= 0.3 is 0 Å². The molecular weight excluding hydrogens is 380 g/mol. The Morgan fingerprint density at radius 2 is 1.90 bits per heavy atom. The van der Waals surface area contributed by atoms with Crippen molar-refractivity contribution in [1.29, 1.82) is 0 Å². The average Bonchev–Trinajstić information content (AvgIpc) is 3.15. The summed E-state index contributed by atoms with van der Waals surface area (Å²) in [6, 6.07) is 8.95. The van der Waals surface area contributed by atoms with Gasteiger partial charge in [-0.3, -0.25) is 4.90 Å². The number of nitrogens with one attached hydrogen (secondary N) is 1. The Balaban J connectivity index is 0.00000231. The van der Waals surface area contributed by atoms with Crippen molar-refractivity contribution in [1.82, 2.24) is 29.6 Å². The fraction of sp³-hybridized carbons (Fsp3) is 0.429. The normalized spacial score (nSPS) is 17.7. The van der Waals surface area contributed by atoms with Gasteiger partial charge in [0.25, 0.3) is 0 Å². The molecule has 0 amide bonds. The van der Waals surface area contributed by atoms with E-state index in [1.807, 2.05) is 13.0 Å². The van der Waals surface area contributed by atoms with Crippen molar-refractivity contribution in [3.05, 3.63) is 48.2 Å². The molecule has 5 rings (SSSR count). The Morgan fingerprint density at radius 1 is 1.07 bits per heavy atom. The Labute approximate surface area is 177 Å². The van der Waals surface area contributed by atoms with E-state index in [-0.39, 0.29) is 1.43 Å². The van der Waals surface area contributed by atoms with Gasteiger partial charge < -0.3 is 15.0 Å². The highest BCUT2D eigenvalue weighted by atomic mass is 16.5. The Kier molecular flexibility index (Phi) is 5.06. The van der Waals surface area contributed by atoms with Crippen LogP contribution in [0.3, 0.4) is 0 Å². The van der Waals surface area contributed by atoms with E-state index in [4.69, 9.17) is 4.74 Å². The fourth-order valence-corrected chi connectivity index (χ4v) is 3.93. The van der Waals surface area contributed by atoms with Crippen molar-refractivity contribution < 1.29 is 6.16 Å². The van der Waals surface area contributed by atoms with Crippen LogP contribution in [0.15, 0.2) is 36.8 Å². The zero-order chi connectivity index (χ0) is 20.5. The summed E-state index contributed by atoms with van der Waals surface area (Å²) in [6.45, 7) is 9.95. The summed E-state index contributed by atoms with van der Waals surface area (Å²) in [5.41, 5.74) is 3.42. The van der Waals surface area contributed by atoms with Crippen LogP contribution < -0.4 is 10.2 Å². The van der Waals surface area contributed by atoms with Gasteiger partial charge in [-0.2, -0.15) is 4.98 Å². The van der Waals surface area contributed by atoms with Gasteiger partial charge in [-0.05, 0) is 37.6 Å². The molecule has 0 spiro atoms. The second-order valence-electron chi connectivity index (χ2n) is 7.87. The standard InChI is InChI=1S/C21H26N8O.H2/c1-15-9-17(25-21-23-14-29(26-21)20-3-4-22-16(2)24-20)11-18(10-15)27-5-7-28(8-6-27)19-12-30-13-19;/h3-4,9-11,14,19H,5-8,12-13H2,1-2H3,(H,25,26);1H. The summed E-state index contributed by atoms with van der Waals surface area (Å²) in [4.78, 5) is 17.9. The topological polar surface area (TPSA) is 84.2 Å². The molecule has 0 bridgehead atoms. The molecule has 0 radical (unpaired) electrons. The van der Waals surface area contributed by atoms with Crippen molar-refractivity contribution in [3.63, 3.8) is 0 Å². The minimum absolute atomic E-state index is 0. The molecule has 2 aromatic heterocycles. The lowest BCUT2D eigenvalue weighted by molar-refractivity contribution is -0.0660. The maximum Gasteiger partial charge on any atom is 0.247 e. The molecule has 1 N–H and O–H groups in total. The zero-order valence-electron chi connectivity index (χ0n) is 17.3. The molecular formula is C21H28N8O. The minimum Gasteiger partial charge on any atom is -0.378 e. The van der Waals surface area contributed by atoms with Gasteiger partial charge in [0.2, 0.25) is 5.95 Å². The number of aryl methyl sites for hydroxylation is 2. The largest absolute Gasteiger partial charge is 0.378 e. The number of rotatable bonds is 5. The summed E-state index contributed by atoms with van der Waals surface area (Å²) >= 11 is 0. The van der Waals surface area contributed by atoms with Crippen molar-refractivity contribution >= 4 is 17.3 Å². The van der Waals surface area contributed by atoms with Gasteiger partial charge in [0.05, 0.1) is 19.3 Å². The quantitative estimate of drug-likeness (QED) is 0.688. The molecule has 2 aliphatic rings. The molecule has 0 unspecified atom stereocenters. The first-order valence-electron chi connectivity index (χ1n) is 10.3. The molecule has 158 valence electrons. The molecule has 0 aliphatic carbocycles. The third-order valence-corrected chi connectivity index (χ3v) is 5.62. The lowest BCUT2D eigenvalue weighted by atomic mass is 10.1. The molecule has 2 fully saturated rings. The van der Waals surface area contributed by atoms with E-state index in [0.717, 1.165) is 45.1 Å². The fourth-order valence-electron chi connectivity index (χ4n) is 3.93. The number of benzene rings is 1. The first kappa shape index (κ1) is 19.0. The van der Waals surface area contributed by atoms with Crippen LogP contribution in [0, 0.1) is 13.8 Å². The number of hydrogen-bond acceptors (Lipinski definition) is 8. The van der Waals surface area contributed by atoms with E-state index in [1.54, 1.807) is 17.2 Å². The van der Waals surface area contributed by atoms with E-state index in [0.29, 0.717) is 23.6 Å². The van der Waals surface area contributed by atoms with Crippen LogP contribution in [0.25, 0.3) is 5.82 Å². The molecule has 0 saturated carbocycles. The summed E-state index contributed by atoms with van der Waals surface area (Å²) in [7, 11) is 0. The third kappa shape index (κ3) is 3.99. The van der Waals surface area contributed by atoms with Crippen molar-refractivity contribution in [2.75, 3.05) is 49.6 Å². The Morgan fingerprint density at radius 3 is 2.63 bits per heavy atom. The highest BCUT2D eigenvalue weighted by molar-refractivity contribution is 5.64. The van der Waals surface area contributed by atoms with Crippen LogP contribution in [0.4, 0.5) is 17.3 Å². The third-order valence-electron chi connectivity index (χ3n) is 5.62. The maximum atomic E-state index is 5.34. The number of hydrogen-bond donors (Lipinski definition) is 1. The molecule has 0 atom stereocenters. The van der Waals surface area contributed by atoms with Gasteiger partial charge in [0.1, 0.15) is 12.2 Å². The van der Waals surface area contributed by atoms with Crippen molar-refractivity contribution in [3.8, 4) is 5.82 Å². The second kappa shape index (κ2) is 8.00. The summed E-state index contributed by atoms with van der Waals surface area (Å²) in [5.74, 6) is 1.94. The SMILES string of the molecule is Cc1cc(Nc2ncn(-c3ccnc(C)n3)n2)cc(N2CCN(C3COC3)CC2)c1.[HH]. The summed E-state index contributed by atoms with van der Waals surface area (Å²) < 4.78 is 6.99. The first-order valence-corrected chi connectivity index (χ1v) is 10.3. The summed E-state index contributed by atoms with van der Waals surface area (Å²) in [6.07, 6.45) is 3.38. The molecule has 2 saturated heterocycles. The second-order valence-corrected chi connectivity index (χ2v) is 7.87. The highest BCUT2D eigenvalue weighted by Gasteiger charge is 2.29. The molecule has 30 heavy (non-hydrogen) atoms. The monoisotopic (exact) mass is 408 g/mol. The lowest BCUT2D eigenvalue weighted by Gasteiger charge is -2.43. The Bertz CT molecular complexity index is 1030. The number of ether oxygens (including phenoxy) is 1. The number of piperazine rings is 1. The predicted molar refractivity (Wildman–Crippen MR) is 117 cm³/mol. The van der Waals surface area contributed by atoms with Crippen LogP contribution in [-0.4, -0.2) is 75.1 Å². The number of aromatic nitrogens is 5. The summed E-state index contributed by atoms with van der Waals surface area (Å²) in [5, 5.41) is 7.84. The van der Waals surface area contributed by atoms with E-state index in [1.165, 1.54) is 11.3 Å². The van der Waals surface area contributed by atoms with Gasteiger partial charge in [-0.25, -0.2) is 14.6 Å². The molecule has 4 heterocycles. The molecule has 9 heteroatoms. The van der Waals surface area contributed by atoms with Crippen LogP contribution in [0.2, 0.25) is 0 Å². The van der Waals surface area contributed by atoms with Gasteiger partial charge in [0.15, 0.2) is 5.82 Å². The van der Waals surface area contributed by atoms with E-state index < -0.39 is 0 Å². The van der Waals surface area contributed by atoms with E-state index >= 15 is 0 Å². The van der Waals surface area contributed by atoms with Crippen LogP contribution in [0.1, 0.15) is 12.8 Å². The minimum atomic E-state index is 0. The average molecular weight is 409 g/mol. The van der Waals surface area contributed by atoms with E-state index in [2.05, 4.69) is 60.3 Å². The Hall–Kier alpha value is -3.04. The smallest absolute Gasteiger partial charge is 0.247 e. The van der Waals surface area contributed by atoms with Crippen molar-refractivity contribution in [2.24, 2.45) is 0 Å². The van der Waals surface area contributed by atoms with Gasteiger partial charge in [0, 0.05) is 51.2 Å². The van der Waals surface area contributed by atoms with Crippen molar-refractivity contribution in [2.45, 2.75) is 19.9 Å². The number of nitrogens with zero attached hydrogens (tertiary/aromatic N) is 7. The van der Waals surface area contributed by atoms with Crippen LogP contribution in [-0.2, 0) is 4.74 Å². The maximum absolute atomic E-state index is 5.34. The zero-order valence-corrected chi connectivity index (χ0v) is 17.3. The lowest BCUT2D eigenvalue weighted by Crippen LogP contribution is -2.56. The predicted octanol–water partition coefficient (Wildman–Crippen LogP) is 2.18. The first-order chi connectivity index (χ1) is 14.6. The molecule has 1 aromatic carbocycles. The van der Waals surface area contributed by atoms with Gasteiger partial charge in [-0.15, -0.1) is 5.10 Å². The molecule has 2 aliphatic heterocycles. The molecule has 9 nitrogen and oxygen atoms in total. The highest BCUT2D eigenvalue weighted by Crippen LogP contribution is 2.26. The number of anilines is 3. The van der Waals surface area contributed by atoms with Crippen LogP contribution >= 0.6 is 0 Å². The van der Waals surface area contributed by atoms with Gasteiger partial charge in [-0.1, -0.05) is 0 Å². The van der Waals surface area contributed by atoms with Crippen LogP contribution in [0.5, 0.6) is 0 Å². The molecule has 3 aromatic rings.